The van der Waals surface area contributed by atoms with E-state index >= 15 is 0 Å². The second-order valence-electron chi connectivity index (χ2n) is 7.13. The number of halogens is 3. The van der Waals surface area contributed by atoms with Crippen LogP contribution in [-0.2, 0) is 11.2 Å². The van der Waals surface area contributed by atoms with Gasteiger partial charge in [0.15, 0.2) is 11.0 Å². The molecule has 1 amide bonds. The molecule has 168 valence electrons. The predicted molar refractivity (Wildman–Crippen MR) is 137 cm³/mol. The van der Waals surface area contributed by atoms with Crippen molar-refractivity contribution in [3.8, 4) is 17.1 Å². The molecule has 0 aliphatic heterocycles. The van der Waals surface area contributed by atoms with E-state index in [0.717, 1.165) is 17.7 Å². The number of amides is 1. The Hall–Kier alpha value is -2.51. The fourth-order valence-corrected chi connectivity index (χ4v) is 4.34. The first-order valence-electron chi connectivity index (χ1n) is 10.1. The maximum absolute atomic E-state index is 12.5. The summed E-state index contributed by atoms with van der Waals surface area (Å²) in [6.07, 6.45) is 0.947. The fraction of sp³-hybridized carbons (Fsp3) is 0.125. The van der Waals surface area contributed by atoms with E-state index in [1.54, 1.807) is 18.2 Å². The van der Waals surface area contributed by atoms with Gasteiger partial charge in [0.25, 0.3) is 0 Å². The van der Waals surface area contributed by atoms with Gasteiger partial charge in [-0.3, -0.25) is 9.36 Å². The molecule has 4 rings (SSSR count). The van der Waals surface area contributed by atoms with Crippen LogP contribution < -0.4 is 5.32 Å². The van der Waals surface area contributed by atoms with E-state index < -0.39 is 0 Å². The molecule has 0 atom stereocenters. The zero-order valence-corrected chi connectivity index (χ0v) is 20.6. The van der Waals surface area contributed by atoms with Crippen LogP contribution in [0.1, 0.15) is 12.5 Å². The van der Waals surface area contributed by atoms with Gasteiger partial charge in [-0.15, -0.1) is 10.2 Å². The van der Waals surface area contributed by atoms with E-state index in [1.165, 1.54) is 17.3 Å². The number of benzene rings is 3. The van der Waals surface area contributed by atoms with Crippen molar-refractivity contribution in [1.82, 2.24) is 14.8 Å². The highest BCUT2D eigenvalue weighted by Gasteiger charge is 2.17. The molecule has 0 aliphatic rings. The van der Waals surface area contributed by atoms with E-state index in [0.29, 0.717) is 31.7 Å². The fourth-order valence-electron chi connectivity index (χ4n) is 3.16. The molecule has 1 heterocycles. The highest BCUT2D eigenvalue weighted by Crippen LogP contribution is 2.29. The minimum absolute atomic E-state index is 0.145. The number of nitrogens with one attached hydrogen (secondary N) is 1. The number of aryl methyl sites for hydroxylation is 1. The van der Waals surface area contributed by atoms with Crippen LogP contribution in [-0.4, -0.2) is 26.4 Å². The van der Waals surface area contributed by atoms with Gasteiger partial charge >= 0.3 is 0 Å². The molecule has 0 fully saturated rings. The molecule has 9 heteroatoms. The van der Waals surface area contributed by atoms with Gasteiger partial charge in [0.1, 0.15) is 0 Å². The first kappa shape index (κ1) is 23.6. The van der Waals surface area contributed by atoms with Crippen molar-refractivity contribution in [2.24, 2.45) is 0 Å². The van der Waals surface area contributed by atoms with Gasteiger partial charge in [0, 0.05) is 22.0 Å². The van der Waals surface area contributed by atoms with Crippen LogP contribution in [0.2, 0.25) is 15.1 Å². The first-order valence-corrected chi connectivity index (χ1v) is 12.2. The van der Waals surface area contributed by atoms with Crippen molar-refractivity contribution in [3.05, 3.63) is 87.4 Å². The molecule has 1 N–H and O–H groups in total. The average Bonchev–Trinajstić information content (AvgIpc) is 3.24. The van der Waals surface area contributed by atoms with Crippen LogP contribution in [0, 0.1) is 0 Å². The van der Waals surface area contributed by atoms with Crippen LogP contribution in [0.5, 0.6) is 0 Å². The summed E-state index contributed by atoms with van der Waals surface area (Å²) in [6, 6.07) is 20.6. The van der Waals surface area contributed by atoms with Crippen LogP contribution >= 0.6 is 46.6 Å². The van der Waals surface area contributed by atoms with Gasteiger partial charge in [-0.25, -0.2) is 0 Å². The SMILES string of the molecule is CCc1ccc(-n2c(SCC(=O)Nc3ccc(Cl)c(Cl)c3)nnc2-c2ccc(Cl)cc2)cc1. The lowest BCUT2D eigenvalue weighted by Crippen LogP contribution is -2.14. The van der Waals surface area contributed by atoms with Gasteiger partial charge in [-0.1, -0.05) is 65.6 Å². The maximum Gasteiger partial charge on any atom is 0.234 e. The second kappa shape index (κ2) is 10.6. The number of carbonyl (C=O) groups excluding carboxylic acids is 1. The van der Waals surface area contributed by atoms with Gasteiger partial charge in [-0.05, 0) is 66.6 Å². The summed E-state index contributed by atoms with van der Waals surface area (Å²) in [4.78, 5) is 12.5. The molecule has 0 aliphatic carbocycles. The van der Waals surface area contributed by atoms with Crippen LogP contribution in [0.4, 0.5) is 5.69 Å². The largest absolute Gasteiger partial charge is 0.325 e. The molecule has 33 heavy (non-hydrogen) atoms. The third kappa shape index (κ3) is 5.71. The number of hydrogen-bond donors (Lipinski definition) is 1. The Morgan fingerprint density at radius 2 is 1.67 bits per heavy atom. The van der Waals surface area contributed by atoms with Gasteiger partial charge < -0.3 is 5.32 Å². The number of hydrogen-bond acceptors (Lipinski definition) is 4. The summed E-state index contributed by atoms with van der Waals surface area (Å²) in [7, 11) is 0. The number of aromatic nitrogens is 3. The highest BCUT2D eigenvalue weighted by molar-refractivity contribution is 7.99. The molecular formula is C24H19Cl3N4OS. The molecule has 0 unspecified atom stereocenters. The quantitative estimate of drug-likeness (QED) is 0.264. The van der Waals surface area contributed by atoms with Crippen molar-refractivity contribution in [3.63, 3.8) is 0 Å². The molecule has 0 bridgehead atoms. The van der Waals surface area contributed by atoms with Crippen LogP contribution in [0.25, 0.3) is 17.1 Å². The van der Waals surface area contributed by atoms with E-state index in [9.17, 15) is 4.79 Å². The normalized spacial score (nSPS) is 10.9. The zero-order valence-electron chi connectivity index (χ0n) is 17.6. The Bertz CT molecular complexity index is 1270. The van der Waals surface area contributed by atoms with E-state index in [1.807, 2.05) is 41.0 Å². The Morgan fingerprint density at radius 1 is 0.939 bits per heavy atom. The molecule has 3 aromatic carbocycles. The molecule has 4 aromatic rings. The Balaban J connectivity index is 1.59. The predicted octanol–water partition coefficient (Wildman–Crippen LogP) is 7.19. The second-order valence-corrected chi connectivity index (χ2v) is 9.33. The third-order valence-corrected chi connectivity index (χ3v) is 6.79. The van der Waals surface area contributed by atoms with Crippen molar-refractivity contribution >= 4 is 58.2 Å². The van der Waals surface area contributed by atoms with Gasteiger partial charge in [0.05, 0.1) is 15.8 Å². The van der Waals surface area contributed by atoms with Crippen LogP contribution in [0.3, 0.4) is 0 Å². The lowest BCUT2D eigenvalue weighted by atomic mass is 10.1. The average molecular weight is 518 g/mol. The van der Waals surface area contributed by atoms with Crippen molar-refractivity contribution in [1.29, 1.82) is 0 Å². The molecule has 1 aromatic heterocycles. The molecule has 0 radical (unpaired) electrons. The number of nitrogens with zero attached hydrogens (tertiary/aromatic N) is 3. The zero-order chi connectivity index (χ0) is 23.4. The molecule has 0 saturated carbocycles. The standard InChI is InChI=1S/C24H19Cl3N4OS/c1-2-15-3-10-19(11-4-15)31-23(16-5-7-17(25)8-6-16)29-30-24(31)33-14-22(32)28-18-9-12-20(26)21(27)13-18/h3-13H,2,14H2,1H3,(H,28,32). The van der Waals surface area contributed by atoms with E-state index in [4.69, 9.17) is 34.8 Å². The third-order valence-electron chi connectivity index (χ3n) is 4.87. The lowest BCUT2D eigenvalue weighted by Gasteiger charge is -2.11. The molecular weight excluding hydrogens is 499 g/mol. The van der Waals surface area contributed by atoms with Gasteiger partial charge in [-0.2, -0.15) is 0 Å². The first-order chi connectivity index (χ1) is 15.9. The Morgan fingerprint density at radius 3 is 2.33 bits per heavy atom. The summed E-state index contributed by atoms with van der Waals surface area (Å²) in [5, 5.41) is 13.7. The van der Waals surface area contributed by atoms with Crippen LogP contribution in [0.15, 0.2) is 71.9 Å². The summed E-state index contributed by atoms with van der Waals surface area (Å²) >= 11 is 19.3. The summed E-state index contributed by atoms with van der Waals surface area (Å²) in [5.41, 5.74) is 3.59. The number of carbonyl (C=O) groups is 1. The van der Waals surface area contributed by atoms with Gasteiger partial charge in [0.2, 0.25) is 5.91 Å². The molecule has 0 spiro atoms. The minimum Gasteiger partial charge on any atom is -0.325 e. The lowest BCUT2D eigenvalue weighted by molar-refractivity contribution is -0.113. The van der Waals surface area contributed by atoms with E-state index in [-0.39, 0.29) is 11.7 Å². The number of anilines is 1. The van der Waals surface area contributed by atoms with Crippen molar-refractivity contribution in [2.75, 3.05) is 11.1 Å². The monoisotopic (exact) mass is 516 g/mol. The minimum atomic E-state index is -0.192. The molecule has 5 nitrogen and oxygen atoms in total. The number of rotatable bonds is 7. The summed E-state index contributed by atoms with van der Waals surface area (Å²) < 4.78 is 1.94. The molecule has 0 saturated heterocycles. The Labute approximate surface area is 211 Å². The summed E-state index contributed by atoms with van der Waals surface area (Å²) in [6.45, 7) is 2.11. The van der Waals surface area contributed by atoms with Crippen molar-refractivity contribution in [2.45, 2.75) is 18.5 Å². The smallest absolute Gasteiger partial charge is 0.234 e. The summed E-state index contributed by atoms with van der Waals surface area (Å²) in [5.74, 6) is 0.622. The maximum atomic E-state index is 12.5. The Kier molecular flexibility index (Phi) is 7.60. The topological polar surface area (TPSA) is 59.8 Å². The number of thioether (sulfide) groups is 1. The van der Waals surface area contributed by atoms with Crippen molar-refractivity contribution < 1.29 is 4.79 Å². The van der Waals surface area contributed by atoms with E-state index in [2.05, 4.69) is 34.6 Å². The highest BCUT2D eigenvalue weighted by atomic mass is 35.5.